The SMILES string of the molecule is CCCCC1CCC([SiH](C)[SiH](C)C2CCC3C(C)C4CCCC4CC32)C1.[CH3-].[CH3-].[Cl][Zr+2][Cl]. The van der Waals surface area contributed by atoms with Crippen LogP contribution in [-0.4, -0.2) is 16.6 Å². The molecule has 182 valence electrons. The van der Waals surface area contributed by atoms with Crippen LogP contribution in [0.2, 0.25) is 24.2 Å². The van der Waals surface area contributed by atoms with Crippen LogP contribution in [0.3, 0.4) is 0 Å². The van der Waals surface area contributed by atoms with E-state index in [0.717, 1.165) is 29.6 Å². The standard InChI is InChI=1S/C24H46Si2.2CH3.2ClH.Zr/c1-5-6-8-18-11-12-20(15-18)25(3)26(4)24-14-13-22-17(2)21-10-7-9-19(21)16-23(22)24;;;;;/h17-26H,5-16H2,1-4H3;2*1H3;2*1H;/q;2*-1;;;+4/p-2. The predicted molar refractivity (Wildman–Crippen MR) is 146 cm³/mol. The number of halogens is 2. The first-order valence-electron chi connectivity index (χ1n) is 13.0. The van der Waals surface area contributed by atoms with Gasteiger partial charge in [-0.3, -0.25) is 0 Å². The number of hydrogen-bond donors (Lipinski definition) is 0. The Hall–Kier alpha value is 1.90. The molecular weight excluding hydrogens is 531 g/mol. The minimum absolute atomic E-state index is 0. The summed E-state index contributed by atoms with van der Waals surface area (Å²) in [7, 11) is 8.94. The van der Waals surface area contributed by atoms with Gasteiger partial charge in [0, 0.05) is 16.6 Å². The average molecular weight is 583 g/mol. The van der Waals surface area contributed by atoms with E-state index in [9.17, 15) is 0 Å². The summed E-state index contributed by atoms with van der Waals surface area (Å²) in [5.41, 5.74) is 2.51. The fraction of sp³-hybridized carbons (Fsp3) is 0.923. The molecule has 0 nitrogen and oxygen atoms in total. The summed E-state index contributed by atoms with van der Waals surface area (Å²) in [5, 5.41) is 0. The number of unbranched alkanes of at least 4 members (excludes halogenated alkanes) is 1. The summed E-state index contributed by atoms with van der Waals surface area (Å²) in [6.07, 6.45) is 19.0. The summed E-state index contributed by atoms with van der Waals surface area (Å²) >= 11 is -0.826. The zero-order chi connectivity index (χ0) is 21.0. The normalized spacial score (nSPS) is 40.2. The molecule has 10 atom stereocenters. The van der Waals surface area contributed by atoms with E-state index >= 15 is 0 Å². The number of hydrogen-bond acceptors (Lipinski definition) is 0. The quantitative estimate of drug-likeness (QED) is 0.216. The summed E-state index contributed by atoms with van der Waals surface area (Å²) in [5.74, 6) is 6.83. The Morgan fingerprint density at radius 2 is 1.55 bits per heavy atom. The third kappa shape index (κ3) is 7.44. The van der Waals surface area contributed by atoms with E-state index in [1.165, 1.54) is 29.8 Å². The Labute approximate surface area is 218 Å². The Morgan fingerprint density at radius 1 is 0.839 bits per heavy atom. The van der Waals surface area contributed by atoms with Gasteiger partial charge in [-0.15, -0.1) is 0 Å². The predicted octanol–water partition coefficient (Wildman–Crippen LogP) is 9.27. The third-order valence-corrected chi connectivity index (χ3v) is 24.4. The molecule has 0 bridgehead atoms. The topological polar surface area (TPSA) is 0 Å². The molecule has 4 saturated carbocycles. The van der Waals surface area contributed by atoms with Gasteiger partial charge in [0.25, 0.3) is 0 Å². The Bertz CT molecular complexity index is 494. The van der Waals surface area contributed by atoms with Crippen molar-refractivity contribution in [2.24, 2.45) is 35.5 Å². The summed E-state index contributed by atoms with van der Waals surface area (Å²) in [6.45, 7) is 10.8. The van der Waals surface area contributed by atoms with Crippen molar-refractivity contribution in [1.82, 2.24) is 0 Å². The molecule has 4 fully saturated rings. The van der Waals surface area contributed by atoms with Crippen LogP contribution >= 0.6 is 17.0 Å². The zero-order valence-corrected chi connectivity index (χ0v) is 27.8. The van der Waals surface area contributed by atoms with Crippen LogP contribution in [0.1, 0.15) is 90.9 Å². The molecule has 0 aromatic rings. The van der Waals surface area contributed by atoms with Crippen LogP contribution in [-0.2, 0) is 20.8 Å². The molecule has 0 heterocycles. The summed E-state index contributed by atoms with van der Waals surface area (Å²) in [4.78, 5) is 0. The van der Waals surface area contributed by atoms with Crippen LogP contribution in [0.5, 0.6) is 0 Å². The molecule has 0 aliphatic heterocycles. The second kappa shape index (κ2) is 15.1. The van der Waals surface area contributed by atoms with Crippen LogP contribution in [0.25, 0.3) is 0 Å². The summed E-state index contributed by atoms with van der Waals surface area (Å²) in [6, 6.07) is 0. The van der Waals surface area contributed by atoms with Gasteiger partial charge in [-0.2, -0.15) is 0 Å². The molecule has 31 heavy (non-hydrogen) atoms. The van der Waals surface area contributed by atoms with Crippen LogP contribution in [0, 0.1) is 50.4 Å². The Kier molecular flexibility index (Phi) is 15.1. The van der Waals surface area contributed by atoms with Gasteiger partial charge in [-0.25, -0.2) is 0 Å². The summed E-state index contributed by atoms with van der Waals surface area (Å²) < 4.78 is 0. The molecule has 0 amide bonds. The molecule has 0 saturated heterocycles. The van der Waals surface area contributed by atoms with Crippen LogP contribution in [0.15, 0.2) is 0 Å². The third-order valence-electron chi connectivity index (χ3n) is 10.4. The van der Waals surface area contributed by atoms with Crippen molar-refractivity contribution < 1.29 is 20.8 Å². The Balaban J connectivity index is 0.000000910. The molecule has 10 unspecified atom stereocenters. The van der Waals surface area contributed by atoms with Crippen molar-refractivity contribution in [3.8, 4) is 0 Å². The van der Waals surface area contributed by atoms with Gasteiger partial charge >= 0.3 is 37.9 Å². The molecule has 0 radical (unpaired) electrons. The molecular formula is C26H52Cl2Si2Zr. The van der Waals surface area contributed by atoms with Gasteiger partial charge in [-0.05, 0) is 60.3 Å². The molecule has 4 aliphatic carbocycles. The second-order valence-corrected chi connectivity index (χ2v) is 26.7. The van der Waals surface area contributed by atoms with E-state index in [1.807, 2.05) is 0 Å². The van der Waals surface area contributed by atoms with Gasteiger partial charge in [0.1, 0.15) is 0 Å². The average Bonchev–Trinajstić information content (AvgIpc) is 3.45. The zero-order valence-electron chi connectivity index (χ0n) is 21.5. The van der Waals surface area contributed by atoms with Crippen LogP contribution < -0.4 is 0 Å². The van der Waals surface area contributed by atoms with Crippen molar-refractivity contribution in [2.75, 3.05) is 0 Å². The van der Waals surface area contributed by atoms with E-state index in [1.54, 1.807) is 64.2 Å². The van der Waals surface area contributed by atoms with E-state index in [2.05, 4.69) is 26.9 Å². The van der Waals surface area contributed by atoms with Gasteiger partial charge in [0.05, 0.1) is 0 Å². The maximum absolute atomic E-state index is 4.93. The number of rotatable bonds is 6. The van der Waals surface area contributed by atoms with Crippen molar-refractivity contribution in [1.29, 1.82) is 0 Å². The minimum atomic E-state index is -0.826. The second-order valence-electron chi connectivity index (χ2n) is 11.4. The molecule has 0 aromatic carbocycles. The fourth-order valence-corrected chi connectivity index (χ4v) is 21.2. The van der Waals surface area contributed by atoms with Crippen molar-refractivity contribution in [3.63, 3.8) is 0 Å². The Morgan fingerprint density at radius 3 is 2.23 bits per heavy atom. The monoisotopic (exact) mass is 580 g/mol. The fourth-order valence-electron chi connectivity index (χ4n) is 8.67. The van der Waals surface area contributed by atoms with E-state index in [-0.39, 0.29) is 14.9 Å². The first-order valence-corrected chi connectivity index (χ1v) is 25.6. The maximum atomic E-state index is 4.93. The van der Waals surface area contributed by atoms with Crippen molar-refractivity contribution >= 4 is 33.7 Å². The molecule has 0 N–H and O–H groups in total. The molecule has 5 heteroatoms. The van der Waals surface area contributed by atoms with E-state index in [0.29, 0.717) is 0 Å². The first kappa shape index (κ1) is 30.9. The van der Waals surface area contributed by atoms with E-state index < -0.39 is 37.5 Å². The van der Waals surface area contributed by atoms with Crippen LogP contribution in [0.4, 0.5) is 0 Å². The number of fused-ring (bicyclic) bond motifs is 2. The van der Waals surface area contributed by atoms with E-state index in [4.69, 9.17) is 17.0 Å². The van der Waals surface area contributed by atoms with Gasteiger partial charge in [0.2, 0.25) is 0 Å². The van der Waals surface area contributed by atoms with Gasteiger partial charge < -0.3 is 14.9 Å². The molecule has 0 aromatic heterocycles. The van der Waals surface area contributed by atoms with Crippen molar-refractivity contribution in [2.45, 2.75) is 115 Å². The van der Waals surface area contributed by atoms with Gasteiger partial charge in [-0.1, -0.05) is 90.3 Å². The molecule has 4 rings (SSSR count). The van der Waals surface area contributed by atoms with Gasteiger partial charge in [0.15, 0.2) is 0 Å². The molecule has 0 spiro atoms. The molecule has 4 aliphatic rings. The first-order chi connectivity index (χ1) is 14.0. The van der Waals surface area contributed by atoms with Crippen molar-refractivity contribution in [3.05, 3.63) is 14.9 Å².